The Morgan fingerprint density at radius 3 is 2.21 bits per heavy atom. The Bertz CT molecular complexity index is 1380. The number of amides is 3. The lowest BCUT2D eigenvalue weighted by molar-refractivity contribution is -0.122. The third kappa shape index (κ3) is 3.68. The van der Waals surface area contributed by atoms with Gasteiger partial charge in [-0.3, -0.25) is 24.2 Å². The van der Waals surface area contributed by atoms with Crippen molar-refractivity contribution in [2.75, 3.05) is 11.4 Å². The first-order chi connectivity index (χ1) is 16.5. The standard InChI is InChI=1S/C27H23N3O3S/c1-3-29(27-28-23-17(2)10-9-15-22(23)34-27)26(33)21(16-18-11-5-4-6-12-18)30-24(31)19-13-7-8-14-20(19)25(30)32/h4-15,21H,3,16H2,1-2H3. The van der Waals surface area contributed by atoms with Gasteiger partial charge < -0.3 is 0 Å². The molecule has 0 saturated carbocycles. The molecule has 6 nitrogen and oxygen atoms in total. The number of aryl methyl sites for hydroxylation is 1. The number of thiazole rings is 1. The fourth-order valence-electron chi connectivity index (χ4n) is 4.37. The quantitative estimate of drug-likeness (QED) is 0.378. The van der Waals surface area contributed by atoms with Gasteiger partial charge in [-0.05, 0) is 43.2 Å². The Kier molecular flexibility index (Phi) is 5.71. The number of hydrogen-bond donors (Lipinski definition) is 0. The summed E-state index contributed by atoms with van der Waals surface area (Å²) in [6.45, 7) is 4.23. The molecule has 0 radical (unpaired) electrons. The van der Waals surface area contributed by atoms with Gasteiger partial charge >= 0.3 is 0 Å². The maximum Gasteiger partial charge on any atom is 0.262 e. The molecule has 1 aromatic heterocycles. The molecular weight excluding hydrogens is 446 g/mol. The van der Waals surface area contributed by atoms with Crippen LogP contribution in [-0.4, -0.2) is 40.2 Å². The summed E-state index contributed by atoms with van der Waals surface area (Å²) < 4.78 is 0.988. The average Bonchev–Trinajstić information content (AvgIpc) is 3.39. The zero-order valence-corrected chi connectivity index (χ0v) is 19.7. The van der Waals surface area contributed by atoms with Gasteiger partial charge in [0.15, 0.2) is 5.13 Å². The minimum Gasteiger partial charge on any atom is -0.287 e. The number of imide groups is 1. The second-order valence-electron chi connectivity index (χ2n) is 8.23. The Morgan fingerprint density at radius 1 is 0.941 bits per heavy atom. The third-order valence-electron chi connectivity index (χ3n) is 6.12. The first kappa shape index (κ1) is 22.0. The van der Waals surface area contributed by atoms with E-state index in [4.69, 9.17) is 4.98 Å². The Balaban J connectivity index is 1.56. The molecule has 1 aliphatic heterocycles. The van der Waals surface area contributed by atoms with Crippen molar-refractivity contribution < 1.29 is 14.4 Å². The van der Waals surface area contributed by atoms with Crippen LogP contribution in [0.4, 0.5) is 5.13 Å². The average molecular weight is 470 g/mol. The summed E-state index contributed by atoms with van der Waals surface area (Å²) in [7, 11) is 0. The van der Waals surface area contributed by atoms with E-state index in [0.29, 0.717) is 22.8 Å². The molecule has 0 spiro atoms. The third-order valence-corrected chi connectivity index (χ3v) is 7.16. The molecule has 34 heavy (non-hydrogen) atoms. The maximum absolute atomic E-state index is 14.0. The molecular formula is C27H23N3O3S. The van der Waals surface area contributed by atoms with Gasteiger partial charge in [-0.15, -0.1) is 0 Å². The van der Waals surface area contributed by atoms with Crippen LogP contribution in [0.1, 0.15) is 38.8 Å². The Labute approximate surface area is 201 Å². The number of anilines is 1. The Hall–Kier alpha value is -3.84. The van der Waals surface area contributed by atoms with E-state index in [0.717, 1.165) is 26.2 Å². The first-order valence-corrected chi connectivity index (χ1v) is 12.0. The number of rotatable bonds is 6. The fraction of sp³-hybridized carbons (Fsp3) is 0.185. The number of aromatic nitrogens is 1. The molecule has 7 heteroatoms. The number of hydrogen-bond acceptors (Lipinski definition) is 5. The van der Waals surface area contributed by atoms with Crippen molar-refractivity contribution in [1.82, 2.24) is 9.88 Å². The summed E-state index contributed by atoms with van der Waals surface area (Å²) in [6, 6.07) is 21.1. The van der Waals surface area contributed by atoms with E-state index >= 15 is 0 Å². The molecule has 0 N–H and O–H groups in total. The highest BCUT2D eigenvalue weighted by Crippen LogP contribution is 2.33. The second-order valence-corrected chi connectivity index (χ2v) is 9.24. The highest BCUT2D eigenvalue weighted by Gasteiger charge is 2.44. The van der Waals surface area contributed by atoms with E-state index in [1.54, 1.807) is 29.2 Å². The van der Waals surface area contributed by atoms with Crippen molar-refractivity contribution in [3.8, 4) is 0 Å². The minimum absolute atomic E-state index is 0.228. The zero-order valence-electron chi connectivity index (χ0n) is 18.9. The first-order valence-electron chi connectivity index (χ1n) is 11.2. The molecule has 0 saturated heterocycles. The summed E-state index contributed by atoms with van der Waals surface area (Å²) in [5.41, 5.74) is 3.42. The highest BCUT2D eigenvalue weighted by atomic mass is 32.1. The molecule has 4 aromatic rings. The number of fused-ring (bicyclic) bond motifs is 2. The number of carbonyl (C=O) groups excluding carboxylic acids is 3. The number of para-hydroxylation sites is 1. The van der Waals surface area contributed by atoms with Crippen LogP contribution in [0, 0.1) is 6.92 Å². The van der Waals surface area contributed by atoms with Gasteiger partial charge in [0.2, 0.25) is 0 Å². The lowest BCUT2D eigenvalue weighted by atomic mass is 10.0. The van der Waals surface area contributed by atoms with Gasteiger partial charge in [0.1, 0.15) is 6.04 Å². The van der Waals surface area contributed by atoms with Crippen LogP contribution in [0.5, 0.6) is 0 Å². The van der Waals surface area contributed by atoms with E-state index in [2.05, 4.69) is 0 Å². The van der Waals surface area contributed by atoms with Crippen LogP contribution < -0.4 is 4.90 Å². The van der Waals surface area contributed by atoms with Gasteiger partial charge in [0.25, 0.3) is 17.7 Å². The summed E-state index contributed by atoms with van der Waals surface area (Å²) in [4.78, 5) is 48.1. The summed E-state index contributed by atoms with van der Waals surface area (Å²) in [6.07, 6.45) is 0.228. The van der Waals surface area contributed by atoms with Crippen LogP contribution in [-0.2, 0) is 11.2 Å². The predicted molar refractivity (Wildman–Crippen MR) is 133 cm³/mol. The normalized spacial score (nSPS) is 13.9. The minimum atomic E-state index is -0.983. The van der Waals surface area contributed by atoms with Crippen molar-refractivity contribution in [1.29, 1.82) is 0 Å². The lowest BCUT2D eigenvalue weighted by Gasteiger charge is -2.30. The molecule has 1 unspecified atom stereocenters. The summed E-state index contributed by atoms with van der Waals surface area (Å²) in [5.74, 6) is -1.20. The van der Waals surface area contributed by atoms with Crippen LogP contribution in [0.2, 0.25) is 0 Å². The van der Waals surface area contributed by atoms with Crippen LogP contribution in [0.15, 0.2) is 72.8 Å². The molecule has 0 fully saturated rings. The van der Waals surface area contributed by atoms with Crippen molar-refractivity contribution >= 4 is 44.4 Å². The number of nitrogens with zero attached hydrogens (tertiary/aromatic N) is 3. The summed E-state index contributed by atoms with van der Waals surface area (Å²) in [5, 5.41) is 0.562. The van der Waals surface area contributed by atoms with Gasteiger partial charge in [-0.25, -0.2) is 4.98 Å². The maximum atomic E-state index is 14.0. The molecule has 0 aliphatic carbocycles. The van der Waals surface area contributed by atoms with E-state index < -0.39 is 17.9 Å². The van der Waals surface area contributed by atoms with Gasteiger partial charge in [-0.1, -0.05) is 65.9 Å². The zero-order chi connectivity index (χ0) is 23.8. The smallest absolute Gasteiger partial charge is 0.262 e. The molecule has 3 aromatic carbocycles. The van der Waals surface area contributed by atoms with Crippen molar-refractivity contribution in [2.45, 2.75) is 26.3 Å². The van der Waals surface area contributed by atoms with Crippen LogP contribution >= 0.6 is 11.3 Å². The molecule has 0 bridgehead atoms. The van der Waals surface area contributed by atoms with E-state index in [-0.39, 0.29) is 12.3 Å². The monoisotopic (exact) mass is 469 g/mol. The van der Waals surface area contributed by atoms with Crippen LogP contribution in [0.3, 0.4) is 0 Å². The van der Waals surface area contributed by atoms with Gasteiger partial charge in [0.05, 0.1) is 21.3 Å². The topological polar surface area (TPSA) is 70.6 Å². The Morgan fingerprint density at radius 2 is 1.59 bits per heavy atom. The number of likely N-dealkylation sites (N-methyl/N-ethyl adjacent to an activating group) is 1. The van der Waals surface area contributed by atoms with Crippen molar-refractivity contribution in [3.05, 3.63) is 95.1 Å². The lowest BCUT2D eigenvalue weighted by Crippen LogP contribution is -2.52. The van der Waals surface area contributed by atoms with E-state index in [1.165, 1.54) is 11.3 Å². The van der Waals surface area contributed by atoms with E-state index in [1.807, 2.05) is 62.4 Å². The van der Waals surface area contributed by atoms with Gasteiger partial charge in [-0.2, -0.15) is 0 Å². The number of carbonyl (C=O) groups is 3. The number of benzene rings is 3. The molecule has 3 amide bonds. The van der Waals surface area contributed by atoms with Crippen molar-refractivity contribution in [3.63, 3.8) is 0 Å². The van der Waals surface area contributed by atoms with Crippen LogP contribution in [0.25, 0.3) is 10.2 Å². The largest absolute Gasteiger partial charge is 0.287 e. The molecule has 5 rings (SSSR count). The molecule has 2 heterocycles. The SMILES string of the molecule is CCN(C(=O)C(Cc1ccccc1)N1C(=O)c2ccccc2C1=O)c1nc2c(C)cccc2s1. The van der Waals surface area contributed by atoms with Crippen molar-refractivity contribution in [2.24, 2.45) is 0 Å². The van der Waals surface area contributed by atoms with E-state index in [9.17, 15) is 14.4 Å². The second kappa shape index (κ2) is 8.83. The van der Waals surface area contributed by atoms with Gasteiger partial charge in [0, 0.05) is 13.0 Å². The molecule has 1 atom stereocenters. The molecule has 1 aliphatic rings. The predicted octanol–water partition coefficient (Wildman–Crippen LogP) is 4.87. The highest BCUT2D eigenvalue weighted by molar-refractivity contribution is 7.22. The molecule has 170 valence electrons. The summed E-state index contributed by atoms with van der Waals surface area (Å²) >= 11 is 1.43. The fourth-order valence-corrected chi connectivity index (χ4v) is 5.49.